The zero-order valence-electron chi connectivity index (χ0n) is 16.3. The number of aromatic nitrogens is 2. The van der Waals surface area contributed by atoms with Crippen molar-refractivity contribution < 1.29 is 9.59 Å². The third kappa shape index (κ3) is 4.47. The van der Waals surface area contributed by atoms with Crippen molar-refractivity contribution >= 4 is 34.5 Å². The van der Waals surface area contributed by atoms with Crippen LogP contribution in [0, 0.1) is 6.92 Å². The summed E-state index contributed by atoms with van der Waals surface area (Å²) in [4.78, 5) is 29.4. The monoisotopic (exact) mass is 416 g/mol. The van der Waals surface area contributed by atoms with Crippen molar-refractivity contribution in [3.05, 3.63) is 100 Å². The molecule has 30 heavy (non-hydrogen) atoms. The summed E-state index contributed by atoms with van der Waals surface area (Å²) in [6.07, 6.45) is 3.71. The minimum absolute atomic E-state index is 0.240. The number of thiophene rings is 1. The molecule has 0 unspecified atom stereocenters. The Morgan fingerprint density at radius 3 is 2.50 bits per heavy atom. The summed E-state index contributed by atoms with van der Waals surface area (Å²) in [5, 5.41) is 9.32. The van der Waals surface area contributed by atoms with Crippen LogP contribution in [0.2, 0.25) is 0 Å². The number of amides is 2. The Balaban J connectivity index is 1.45. The minimum Gasteiger partial charge on any atom is -0.331 e. The van der Waals surface area contributed by atoms with E-state index < -0.39 is 0 Å². The standard InChI is InChI=1S/C23H20N4O2S/c1-16-24-11-12-27(16)14-17-6-8-19(9-7-17)25-23(29)20-4-2-3-5-21(20)26-22(28)18-10-13-30-15-18/h2-13,15H,14H2,1H3,(H,25,29)(H,26,28). The average molecular weight is 417 g/mol. The second-order valence-electron chi connectivity index (χ2n) is 6.77. The molecule has 0 atom stereocenters. The highest BCUT2D eigenvalue weighted by atomic mass is 32.1. The van der Waals surface area contributed by atoms with Gasteiger partial charge in [0.25, 0.3) is 11.8 Å². The Morgan fingerprint density at radius 1 is 1.00 bits per heavy atom. The quantitative estimate of drug-likeness (QED) is 0.474. The maximum absolute atomic E-state index is 12.8. The molecule has 0 fully saturated rings. The molecule has 0 radical (unpaired) electrons. The number of carbonyl (C=O) groups excluding carboxylic acids is 2. The fourth-order valence-electron chi connectivity index (χ4n) is 3.04. The van der Waals surface area contributed by atoms with Crippen LogP contribution in [0.5, 0.6) is 0 Å². The first-order valence-electron chi connectivity index (χ1n) is 9.41. The summed E-state index contributed by atoms with van der Waals surface area (Å²) in [5.41, 5.74) is 3.24. The molecule has 6 nitrogen and oxygen atoms in total. The molecule has 2 aromatic heterocycles. The number of aryl methyl sites for hydroxylation is 1. The van der Waals surface area contributed by atoms with Gasteiger partial charge in [0.2, 0.25) is 0 Å². The molecular weight excluding hydrogens is 396 g/mol. The summed E-state index contributed by atoms with van der Waals surface area (Å²) in [6, 6.07) is 16.4. The van der Waals surface area contributed by atoms with Crippen molar-refractivity contribution in [1.82, 2.24) is 9.55 Å². The van der Waals surface area contributed by atoms with Gasteiger partial charge in [-0.15, -0.1) is 0 Å². The van der Waals surface area contributed by atoms with Crippen LogP contribution < -0.4 is 10.6 Å². The fraction of sp³-hybridized carbons (Fsp3) is 0.0870. The smallest absolute Gasteiger partial charge is 0.257 e. The van der Waals surface area contributed by atoms with Crippen molar-refractivity contribution in [2.24, 2.45) is 0 Å². The van der Waals surface area contributed by atoms with E-state index in [0.717, 1.165) is 17.9 Å². The largest absolute Gasteiger partial charge is 0.331 e. The van der Waals surface area contributed by atoms with Gasteiger partial charge < -0.3 is 15.2 Å². The predicted molar refractivity (Wildman–Crippen MR) is 119 cm³/mol. The third-order valence-electron chi connectivity index (χ3n) is 4.69. The molecular formula is C23H20N4O2S. The van der Waals surface area contributed by atoms with Crippen molar-refractivity contribution in [3.8, 4) is 0 Å². The molecule has 150 valence electrons. The fourth-order valence-corrected chi connectivity index (χ4v) is 3.67. The lowest BCUT2D eigenvalue weighted by Gasteiger charge is -2.12. The highest BCUT2D eigenvalue weighted by Gasteiger charge is 2.14. The van der Waals surface area contributed by atoms with Crippen LogP contribution in [0.3, 0.4) is 0 Å². The molecule has 2 N–H and O–H groups in total. The first kappa shape index (κ1) is 19.6. The van der Waals surface area contributed by atoms with E-state index in [4.69, 9.17) is 0 Å². The SMILES string of the molecule is Cc1nccn1Cc1ccc(NC(=O)c2ccccc2NC(=O)c2ccsc2)cc1. The third-order valence-corrected chi connectivity index (χ3v) is 5.37. The Labute approximate surface area is 178 Å². The summed E-state index contributed by atoms with van der Waals surface area (Å²) in [7, 11) is 0. The number of anilines is 2. The number of para-hydroxylation sites is 1. The van der Waals surface area contributed by atoms with Crippen LogP contribution in [0.25, 0.3) is 0 Å². The summed E-state index contributed by atoms with van der Waals surface area (Å²) >= 11 is 1.45. The van der Waals surface area contributed by atoms with Gasteiger partial charge in [-0.05, 0) is 48.2 Å². The number of rotatable bonds is 6. The van der Waals surface area contributed by atoms with Crippen molar-refractivity contribution in [2.75, 3.05) is 10.6 Å². The van der Waals surface area contributed by atoms with Gasteiger partial charge in [0.1, 0.15) is 5.82 Å². The molecule has 0 aliphatic heterocycles. The summed E-state index contributed by atoms with van der Waals surface area (Å²) < 4.78 is 2.06. The number of carbonyl (C=O) groups is 2. The van der Waals surface area contributed by atoms with Gasteiger partial charge in [0, 0.05) is 30.0 Å². The zero-order chi connectivity index (χ0) is 20.9. The van der Waals surface area contributed by atoms with E-state index in [2.05, 4.69) is 20.2 Å². The van der Waals surface area contributed by atoms with Crippen LogP contribution in [0.4, 0.5) is 11.4 Å². The highest BCUT2D eigenvalue weighted by molar-refractivity contribution is 7.08. The van der Waals surface area contributed by atoms with Gasteiger partial charge in [-0.25, -0.2) is 4.98 Å². The number of benzene rings is 2. The molecule has 2 heterocycles. The molecule has 2 aromatic carbocycles. The first-order valence-corrected chi connectivity index (χ1v) is 10.3. The van der Waals surface area contributed by atoms with E-state index >= 15 is 0 Å². The number of hydrogen-bond donors (Lipinski definition) is 2. The van der Waals surface area contributed by atoms with Crippen LogP contribution in [-0.2, 0) is 6.54 Å². The van der Waals surface area contributed by atoms with Gasteiger partial charge in [-0.1, -0.05) is 24.3 Å². The normalized spacial score (nSPS) is 10.6. The van der Waals surface area contributed by atoms with Crippen LogP contribution in [-0.4, -0.2) is 21.4 Å². The molecule has 7 heteroatoms. The molecule has 0 saturated carbocycles. The highest BCUT2D eigenvalue weighted by Crippen LogP contribution is 2.19. The van der Waals surface area contributed by atoms with E-state index in [1.807, 2.05) is 42.8 Å². The number of nitrogens with one attached hydrogen (secondary N) is 2. The number of hydrogen-bond acceptors (Lipinski definition) is 4. The first-order chi connectivity index (χ1) is 14.6. The number of imidazole rings is 1. The van der Waals surface area contributed by atoms with Gasteiger partial charge in [0.05, 0.1) is 16.8 Å². The van der Waals surface area contributed by atoms with E-state index in [-0.39, 0.29) is 11.8 Å². The zero-order valence-corrected chi connectivity index (χ0v) is 17.1. The summed E-state index contributed by atoms with van der Waals surface area (Å²) in [6.45, 7) is 2.68. The molecule has 2 amide bonds. The van der Waals surface area contributed by atoms with Gasteiger partial charge in [0.15, 0.2) is 0 Å². The topological polar surface area (TPSA) is 76.0 Å². The Bertz CT molecular complexity index is 1160. The van der Waals surface area contributed by atoms with Crippen LogP contribution in [0.1, 0.15) is 32.1 Å². The van der Waals surface area contributed by atoms with Crippen molar-refractivity contribution in [2.45, 2.75) is 13.5 Å². The molecule has 4 rings (SSSR count). The maximum atomic E-state index is 12.8. The van der Waals surface area contributed by atoms with Gasteiger partial charge >= 0.3 is 0 Å². The van der Waals surface area contributed by atoms with E-state index in [1.54, 1.807) is 41.9 Å². The van der Waals surface area contributed by atoms with Crippen LogP contribution >= 0.6 is 11.3 Å². The van der Waals surface area contributed by atoms with Crippen molar-refractivity contribution in [3.63, 3.8) is 0 Å². The average Bonchev–Trinajstić information content (AvgIpc) is 3.42. The number of nitrogens with zero attached hydrogens (tertiary/aromatic N) is 2. The second kappa shape index (κ2) is 8.75. The Morgan fingerprint density at radius 2 is 1.80 bits per heavy atom. The van der Waals surface area contributed by atoms with E-state index in [9.17, 15) is 9.59 Å². The maximum Gasteiger partial charge on any atom is 0.257 e. The predicted octanol–water partition coefficient (Wildman–Crippen LogP) is 4.81. The van der Waals surface area contributed by atoms with Gasteiger partial charge in [-0.3, -0.25) is 9.59 Å². The Hall–Kier alpha value is -3.71. The Kier molecular flexibility index (Phi) is 5.72. The lowest BCUT2D eigenvalue weighted by molar-refractivity contribution is 0.102. The van der Waals surface area contributed by atoms with Gasteiger partial charge in [-0.2, -0.15) is 11.3 Å². The van der Waals surface area contributed by atoms with Crippen molar-refractivity contribution in [1.29, 1.82) is 0 Å². The molecule has 0 saturated heterocycles. The van der Waals surface area contributed by atoms with E-state index in [1.165, 1.54) is 11.3 Å². The second-order valence-corrected chi connectivity index (χ2v) is 7.55. The molecule has 0 bridgehead atoms. The lowest BCUT2D eigenvalue weighted by Crippen LogP contribution is -2.18. The van der Waals surface area contributed by atoms with Crippen LogP contribution in [0.15, 0.2) is 77.8 Å². The molecule has 0 aliphatic carbocycles. The molecule has 0 spiro atoms. The summed E-state index contributed by atoms with van der Waals surface area (Å²) in [5.74, 6) is 0.429. The molecule has 0 aliphatic rings. The lowest BCUT2D eigenvalue weighted by atomic mass is 10.1. The van der Waals surface area contributed by atoms with E-state index in [0.29, 0.717) is 22.5 Å². The minimum atomic E-state index is -0.283. The molecule has 4 aromatic rings.